The number of amides is 1. The van der Waals surface area contributed by atoms with Gasteiger partial charge in [-0.2, -0.15) is 3.94 Å². The van der Waals surface area contributed by atoms with E-state index in [0.29, 0.717) is 10.4 Å². The minimum Gasteiger partial charge on any atom is -0.270 e. The van der Waals surface area contributed by atoms with Gasteiger partial charge < -0.3 is 0 Å². The summed E-state index contributed by atoms with van der Waals surface area (Å²) in [6.45, 7) is 2.23. The number of carbonyl (C=O) groups is 1. The summed E-state index contributed by atoms with van der Waals surface area (Å²) >= 11 is 16.6. The van der Waals surface area contributed by atoms with E-state index in [9.17, 15) is 4.79 Å². The van der Waals surface area contributed by atoms with E-state index in [0.717, 1.165) is 32.1 Å². The van der Waals surface area contributed by atoms with Crippen molar-refractivity contribution < 1.29 is 25.9 Å². The third kappa shape index (κ3) is 17.3. The van der Waals surface area contributed by atoms with E-state index in [-0.39, 0.29) is 21.1 Å². The minimum atomic E-state index is -0.617. The molecule has 0 aromatic heterocycles. The van der Waals surface area contributed by atoms with Gasteiger partial charge in [-0.3, -0.25) is 4.79 Å². The molecule has 0 fully saturated rings. The van der Waals surface area contributed by atoms with Crippen molar-refractivity contribution in [1.29, 1.82) is 0 Å². The summed E-state index contributed by atoms with van der Waals surface area (Å²) in [4.78, 5) is 11.3. The molecular weight excluding hydrogens is 548 g/mol. The topological polar surface area (TPSA) is 20.3 Å². The molecule has 1 unspecified atom stereocenters. The molecule has 0 radical (unpaired) electrons. The molecule has 2 nitrogen and oxygen atoms in total. The molecule has 0 aromatic rings. The zero-order valence-corrected chi connectivity index (χ0v) is 19.0. The largest absolute Gasteiger partial charge is 0.270 e. The maximum atomic E-state index is 11.3. The normalized spacial score (nSPS) is 12.5. The van der Waals surface area contributed by atoms with Crippen LogP contribution in [0.4, 0.5) is 0 Å². The molecule has 0 aromatic carbocycles. The summed E-state index contributed by atoms with van der Waals surface area (Å²) in [5, 5.41) is -0.617. The summed E-state index contributed by atoms with van der Waals surface area (Å²) < 4.78 is 0.515. The molecule has 0 spiro atoms. The van der Waals surface area contributed by atoms with Crippen LogP contribution in [0.1, 0.15) is 77.6 Å². The Balaban J connectivity index is 0. The fourth-order valence-electron chi connectivity index (χ4n) is 2.19. The molecule has 0 heterocycles. The van der Waals surface area contributed by atoms with Gasteiger partial charge in [0.1, 0.15) is 5.38 Å². The SMILES string of the molecule is CCCCC/C=C\C/C=C\CCCCCCC(Cl)C(=O)N(Cl)Cl.[Pt]. The molecule has 0 aliphatic carbocycles. The van der Waals surface area contributed by atoms with Crippen LogP contribution in [0.5, 0.6) is 0 Å². The maximum Gasteiger partial charge on any atom is 0.270 e. The number of alkyl halides is 1. The van der Waals surface area contributed by atoms with Crippen LogP contribution in [0.15, 0.2) is 24.3 Å². The van der Waals surface area contributed by atoms with Crippen LogP contribution in [-0.2, 0) is 25.9 Å². The smallest absolute Gasteiger partial charge is 0.270 e. The van der Waals surface area contributed by atoms with E-state index >= 15 is 0 Å². The van der Waals surface area contributed by atoms with E-state index in [4.69, 9.17) is 35.2 Å². The van der Waals surface area contributed by atoms with Crippen molar-refractivity contribution >= 4 is 41.1 Å². The summed E-state index contributed by atoms with van der Waals surface area (Å²) in [5.41, 5.74) is 0. The molecule has 0 N–H and O–H groups in total. The minimum absolute atomic E-state index is 0. The van der Waals surface area contributed by atoms with Gasteiger partial charge in [0.25, 0.3) is 5.91 Å². The van der Waals surface area contributed by atoms with Crippen LogP contribution in [0, 0.1) is 0 Å². The summed E-state index contributed by atoms with van der Waals surface area (Å²) in [6.07, 6.45) is 21.2. The second-order valence-corrected chi connectivity index (χ2v) is 7.08. The van der Waals surface area contributed by atoms with Crippen molar-refractivity contribution in [1.82, 2.24) is 3.94 Å². The molecular formula is C18H30Cl3NOPt. The van der Waals surface area contributed by atoms with Gasteiger partial charge in [-0.05, 0) is 38.5 Å². The Labute approximate surface area is 177 Å². The zero-order chi connectivity index (χ0) is 17.3. The van der Waals surface area contributed by atoms with Crippen LogP contribution in [0.25, 0.3) is 0 Å². The average molecular weight is 578 g/mol. The molecule has 144 valence electrons. The molecule has 0 aliphatic heterocycles. The predicted molar refractivity (Wildman–Crippen MR) is 103 cm³/mol. The first kappa shape index (κ1) is 26.7. The summed E-state index contributed by atoms with van der Waals surface area (Å²) in [6, 6.07) is 0. The van der Waals surface area contributed by atoms with Crippen LogP contribution in [0.2, 0.25) is 0 Å². The predicted octanol–water partition coefficient (Wildman–Crippen LogP) is 7.15. The van der Waals surface area contributed by atoms with Crippen LogP contribution < -0.4 is 0 Å². The Kier molecular flexibility index (Phi) is 22.1. The van der Waals surface area contributed by atoms with Crippen molar-refractivity contribution in [2.75, 3.05) is 0 Å². The van der Waals surface area contributed by atoms with Crippen LogP contribution in [-0.4, -0.2) is 15.2 Å². The number of unbranched alkanes of at least 4 members (excludes halogenated alkanes) is 7. The van der Waals surface area contributed by atoms with E-state index < -0.39 is 11.3 Å². The Morgan fingerprint density at radius 1 is 0.917 bits per heavy atom. The van der Waals surface area contributed by atoms with Gasteiger partial charge in [-0.25, -0.2) is 0 Å². The first-order valence-corrected chi connectivity index (χ1v) is 9.80. The van der Waals surface area contributed by atoms with Gasteiger partial charge in [-0.1, -0.05) is 63.3 Å². The number of allylic oxidation sites excluding steroid dienone is 4. The molecule has 1 atom stereocenters. The fourth-order valence-corrected chi connectivity index (χ4v) is 2.77. The maximum absolute atomic E-state index is 11.3. The molecule has 0 saturated carbocycles. The van der Waals surface area contributed by atoms with Crippen LogP contribution >= 0.6 is 35.2 Å². The first-order valence-electron chi connectivity index (χ1n) is 8.69. The van der Waals surface area contributed by atoms with Crippen molar-refractivity contribution in [2.45, 2.75) is 82.9 Å². The van der Waals surface area contributed by atoms with Gasteiger partial charge in [0.15, 0.2) is 0 Å². The molecule has 0 rings (SSSR count). The second kappa shape index (κ2) is 19.8. The monoisotopic (exact) mass is 576 g/mol. The van der Waals surface area contributed by atoms with Gasteiger partial charge in [0.2, 0.25) is 0 Å². The van der Waals surface area contributed by atoms with E-state index in [1.54, 1.807) is 0 Å². The molecule has 0 aliphatic rings. The number of carbonyl (C=O) groups excluding carboxylic acids is 1. The van der Waals surface area contributed by atoms with Crippen molar-refractivity contribution in [3.8, 4) is 0 Å². The van der Waals surface area contributed by atoms with Gasteiger partial charge in [-0.15, -0.1) is 11.6 Å². The number of halogens is 3. The number of hydrogen-bond acceptors (Lipinski definition) is 1. The quantitative estimate of drug-likeness (QED) is 0.0929. The Bertz CT molecular complexity index is 349. The molecule has 24 heavy (non-hydrogen) atoms. The van der Waals surface area contributed by atoms with Crippen molar-refractivity contribution in [3.05, 3.63) is 24.3 Å². The van der Waals surface area contributed by atoms with Gasteiger partial charge >= 0.3 is 0 Å². The van der Waals surface area contributed by atoms with Crippen molar-refractivity contribution in [3.63, 3.8) is 0 Å². The third-order valence-corrected chi connectivity index (χ3v) is 4.33. The Morgan fingerprint density at radius 2 is 1.46 bits per heavy atom. The van der Waals surface area contributed by atoms with Crippen molar-refractivity contribution in [2.24, 2.45) is 0 Å². The Morgan fingerprint density at radius 3 is 2.00 bits per heavy atom. The molecule has 6 heteroatoms. The van der Waals surface area contributed by atoms with Gasteiger partial charge in [0, 0.05) is 44.6 Å². The first-order chi connectivity index (χ1) is 11.1. The van der Waals surface area contributed by atoms with E-state index in [2.05, 4.69) is 31.2 Å². The number of hydrogen-bond donors (Lipinski definition) is 0. The van der Waals surface area contributed by atoms with E-state index in [1.807, 2.05) is 0 Å². The summed E-state index contributed by atoms with van der Waals surface area (Å²) in [7, 11) is 0. The molecule has 0 bridgehead atoms. The average Bonchev–Trinajstić information content (AvgIpc) is 2.54. The van der Waals surface area contributed by atoms with Gasteiger partial charge in [0.05, 0.1) is 0 Å². The summed E-state index contributed by atoms with van der Waals surface area (Å²) in [5.74, 6) is -0.444. The third-order valence-electron chi connectivity index (χ3n) is 3.59. The standard InChI is InChI=1S/C18H30Cl3NO.Pt/c1-2-3-4-5-6-7-8-9-10-11-12-13-14-15-16-17(19)18(23)22(20)21;/h6-7,9-10,17H,2-5,8,11-16H2,1H3;/b7-6-,10-9-;. The zero-order valence-electron chi connectivity index (χ0n) is 14.5. The molecule has 1 amide bonds. The van der Waals surface area contributed by atoms with Crippen LogP contribution in [0.3, 0.4) is 0 Å². The molecule has 0 saturated heterocycles. The second-order valence-electron chi connectivity index (χ2n) is 5.70. The Hall–Kier alpha value is 0.508. The number of rotatable bonds is 14. The van der Waals surface area contributed by atoms with E-state index in [1.165, 1.54) is 32.1 Å². The fraction of sp³-hybridized carbons (Fsp3) is 0.722. The number of nitrogens with zero attached hydrogens (tertiary/aromatic N) is 1.